The second kappa shape index (κ2) is 8.04. The van der Waals surface area contributed by atoms with Gasteiger partial charge in [0.15, 0.2) is 0 Å². The highest BCUT2D eigenvalue weighted by molar-refractivity contribution is 7.89. The lowest BCUT2D eigenvalue weighted by molar-refractivity contribution is -0.175. The van der Waals surface area contributed by atoms with Gasteiger partial charge >= 0.3 is 18.5 Å². The second-order valence-electron chi connectivity index (χ2n) is 7.13. The number of carbonyl (C=O) groups is 1. The van der Waals surface area contributed by atoms with Gasteiger partial charge in [-0.1, -0.05) is 6.07 Å². The number of hydrogen-bond donors (Lipinski definition) is 1. The zero-order valence-electron chi connectivity index (χ0n) is 16.0. The van der Waals surface area contributed by atoms with Crippen LogP contribution in [0.4, 0.5) is 22.0 Å². The van der Waals surface area contributed by atoms with Crippen molar-refractivity contribution in [3.63, 3.8) is 0 Å². The second-order valence-corrected chi connectivity index (χ2v) is 8.99. The van der Waals surface area contributed by atoms with Gasteiger partial charge in [-0.15, -0.1) is 10.2 Å². The molecular formula is C17H15F5N4O5S. The number of rotatable bonds is 4. The molecule has 1 amide bonds. The third-order valence-corrected chi connectivity index (χ3v) is 7.08. The molecule has 0 unspecified atom stereocenters. The molecule has 0 aliphatic carbocycles. The van der Waals surface area contributed by atoms with Crippen LogP contribution in [0.25, 0.3) is 11.5 Å². The van der Waals surface area contributed by atoms with Crippen LogP contribution in [0.2, 0.25) is 0 Å². The van der Waals surface area contributed by atoms with E-state index in [1.165, 1.54) is 18.2 Å². The van der Waals surface area contributed by atoms with Crippen LogP contribution in [0, 0.1) is 0 Å². The van der Waals surface area contributed by atoms with Crippen LogP contribution in [-0.2, 0) is 26.1 Å². The van der Waals surface area contributed by atoms with E-state index < -0.39 is 46.5 Å². The number of hydrogen-bond acceptors (Lipinski definition) is 7. The minimum atomic E-state index is -5.12. The van der Waals surface area contributed by atoms with Crippen molar-refractivity contribution in [2.45, 2.75) is 42.5 Å². The Morgan fingerprint density at radius 2 is 2.00 bits per heavy atom. The molecule has 1 N–H and O–H groups in total. The first-order valence-corrected chi connectivity index (χ1v) is 10.6. The van der Waals surface area contributed by atoms with E-state index in [9.17, 15) is 35.2 Å². The van der Waals surface area contributed by atoms with Crippen molar-refractivity contribution in [3.8, 4) is 11.5 Å². The monoisotopic (exact) mass is 482 g/mol. The van der Waals surface area contributed by atoms with Crippen LogP contribution in [0.5, 0.6) is 0 Å². The highest BCUT2D eigenvalue weighted by atomic mass is 32.2. The summed E-state index contributed by atoms with van der Waals surface area (Å²) in [5.74, 6) is -3.40. The maximum absolute atomic E-state index is 13.2. The van der Waals surface area contributed by atoms with Gasteiger partial charge < -0.3 is 14.5 Å². The number of ether oxygens (including phenoxy) is 1. The number of nitrogens with one attached hydrogen (secondary N) is 1. The minimum Gasteiger partial charge on any atom is -0.415 e. The highest BCUT2D eigenvalue weighted by Crippen LogP contribution is 2.37. The van der Waals surface area contributed by atoms with Crippen molar-refractivity contribution in [1.29, 1.82) is 0 Å². The molecule has 1 aromatic heterocycles. The molecule has 174 valence electrons. The molecule has 0 radical (unpaired) electrons. The topological polar surface area (TPSA) is 115 Å². The molecule has 1 aromatic carbocycles. The van der Waals surface area contributed by atoms with Gasteiger partial charge in [0, 0.05) is 18.7 Å². The Bertz CT molecular complexity index is 1140. The van der Waals surface area contributed by atoms with Crippen molar-refractivity contribution in [2.24, 2.45) is 0 Å². The molecule has 1 fully saturated rings. The lowest BCUT2D eigenvalue weighted by Gasteiger charge is -2.37. The quantitative estimate of drug-likeness (QED) is 0.663. The van der Waals surface area contributed by atoms with E-state index in [0.29, 0.717) is 5.56 Å². The molecule has 2 aromatic rings. The Balaban J connectivity index is 1.62. The van der Waals surface area contributed by atoms with Gasteiger partial charge in [0.1, 0.15) is 0 Å². The van der Waals surface area contributed by atoms with Crippen molar-refractivity contribution >= 4 is 15.9 Å². The first-order valence-electron chi connectivity index (χ1n) is 9.20. The summed E-state index contributed by atoms with van der Waals surface area (Å²) in [6, 6.07) is 1.79. The van der Waals surface area contributed by atoms with Crippen LogP contribution in [0.15, 0.2) is 27.5 Å². The summed E-state index contributed by atoms with van der Waals surface area (Å²) in [6.45, 7) is -0.339. The number of amides is 1. The number of sulfonamides is 1. The van der Waals surface area contributed by atoms with Crippen molar-refractivity contribution in [1.82, 2.24) is 19.8 Å². The molecule has 0 saturated carbocycles. The van der Waals surface area contributed by atoms with Gasteiger partial charge in [-0.2, -0.15) is 26.3 Å². The molecule has 0 bridgehead atoms. The number of benzene rings is 1. The van der Waals surface area contributed by atoms with Crippen molar-refractivity contribution in [3.05, 3.63) is 29.7 Å². The Morgan fingerprint density at radius 3 is 2.66 bits per heavy atom. The van der Waals surface area contributed by atoms with Gasteiger partial charge in [-0.25, -0.2) is 8.42 Å². The van der Waals surface area contributed by atoms with E-state index in [4.69, 9.17) is 9.15 Å². The van der Waals surface area contributed by atoms with Crippen LogP contribution in [0.1, 0.15) is 24.3 Å². The molecule has 32 heavy (non-hydrogen) atoms. The van der Waals surface area contributed by atoms with Gasteiger partial charge in [0.05, 0.1) is 23.6 Å². The molecule has 1 saturated heterocycles. The first-order chi connectivity index (χ1) is 15.0. The summed E-state index contributed by atoms with van der Waals surface area (Å²) in [5.41, 5.74) is 0.407. The molecule has 9 nitrogen and oxygen atoms in total. The molecule has 2 aliphatic rings. The van der Waals surface area contributed by atoms with E-state index in [-0.39, 0.29) is 42.5 Å². The SMILES string of the molecule is O=C(N[C@@H]1CCOC[C@H]1N1Cc2ccc(-c3nnc(C(F)F)o3)cc2S1(=O)=O)C(F)(F)F. The van der Waals surface area contributed by atoms with E-state index in [0.717, 1.165) is 4.31 Å². The Labute approximate surface area is 177 Å². The minimum absolute atomic E-state index is 0.0154. The fourth-order valence-electron chi connectivity index (χ4n) is 3.60. The van der Waals surface area contributed by atoms with Gasteiger partial charge in [-0.05, 0) is 24.1 Å². The zero-order valence-corrected chi connectivity index (χ0v) is 16.8. The number of aromatic nitrogens is 2. The molecule has 15 heteroatoms. The molecule has 2 atom stereocenters. The fourth-order valence-corrected chi connectivity index (χ4v) is 5.46. The fraction of sp³-hybridized carbons (Fsp3) is 0.471. The summed E-state index contributed by atoms with van der Waals surface area (Å²) in [5, 5.41) is 8.52. The number of carbonyl (C=O) groups excluding carboxylic acids is 1. The maximum atomic E-state index is 13.2. The number of nitrogens with zero attached hydrogens (tertiary/aromatic N) is 3. The van der Waals surface area contributed by atoms with Crippen LogP contribution < -0.4 is 5.32 Å². The average Bonchev–Trinajstić information content (AvgIpc) is 3.31. The average molecular weight is 482 g/mol. The molecular weight excluding hydrogens is 467 g/mol. The largest absolute Gasteiger partial charge is 0.471 e. The highest BCUT2D eigenvalue weighted by Gasteiger charge is 2.47. The standard InChI is InChI=1S/C17H15F5N4O5S/c18-13(19)15-25-24-14(31-15)8-1-2-9-6-26(32(28,29)12(9)5-8)11-7-30-4-3-10(11)23-16(27)17(20,21)22/h1-2,5,10-11,13H,3-4,6-7H2,(H,23,27)/t10-,11-/m1/s1. The van der Waals surface area contributed by atoms with E-state index in [1.54, 1.807) is 0 Å². The van der Waals surface area contributed by atoms with E-state index in [1.807, 2.05) is 5.32 Å². The molecule has 3 heterocycles. The van der Waals surface area contributed by atoms with E-state index >= 15 is 0 Å². The van der Waals surface area contributed by atoms with Crippen LogP contribution in [-0.4, -0.2) is 60.3 Å². The summed E-state index contributed by atoms with van der Waals surface area (Å²) in [4.78, 5) is 11.2. The van der Waals surface area contributed by atoms with Gasteiger partial charge in [0.25, 0.3) is 5.89 Å². The molecule has 0 spiro atoms. The van der Waals surface area contributed by atoms with Crippen molar-refractivity contribution < 1.29 is 44.3 Å². The lowest BCUT2D eigenvalue weighted by Crippen LogP contribution is -2.58. The Hall–Kier alpha value is -2.65. The Morgan fingerprint density at radius 1 is 1.25 bits per heavy atom. The Kier molecular flexibility index (Phi) is 5.67. The van der Waals surface area contributed by atoms with Gasteiger partial charge in [0.2, 0.25) is 15.9 Å². The normalized spacial score (nSPS) is 23.3. The third kappa shape index (κ3) is 4.06. The summed E-state index contributed by atoms with van der Waals surface area (Å²) >= 11 is 0. The summed E-state index contributed by atoms with van der Waals surface area (Å²) < 4.78 is 101. The van der Waals surface area contributed by atoms with Crippen LogP contribution in [0.3, 0.4) is 0 Å². The number of halogens is 5. The molecule has 2 aliphatic heterocycles. The smallest absolute Gasteiger partial charge is 0.415 e. The third-order valence-electron chi connectivity index (χ3n) is 5.12. The number of alkyl halides is 5. The predicted octanol–water partition coefficient (Wildman–Crippen LogP) is 2.01. The lowest BCUT2D eigenvalue weighted by atomic mass is 10.0. The summed E-state index contributed by atoms with van der Waals surface area (Å²) in [6.07, 6.45) is -8.13. The first kappa shape index (κ1) is 22.5. The zero-order chi connectivity index (χ0) is 23.3. The number of fused-ring (bicyclic) bond motifs is 1. The summed E-state index contributed by atoms with van der Waals surface area (Å²) in [7, 11) is -4.21. The van der Waals surface area contributed by atoms with Crippen LogP contribution >= 0.6 is 0 Å². The predicted molar refractivity (Wildman–Crippen MR) is 94.6 cm³/mol. The van der Waals surface area contributed by atoms with E-state index in [2.05, 4.69) is 10.2 Å². The van der Waals surface area contributed by atoms with Gasteiger partial charge in [-0.3, -0.25) is 4.79 Å². The maximum Gasteiger partial charge on any atom is 0.471 e. The van der Waals surface area contributed by atoms with Crippen molar-refractivity contribution in [2.75, 3.05) is 13.2 Å². The molecule has 4 rings (SSSR count).